The zero-order valence-electron chi connectivity index (χ0n) is 11.1. The molecule has 0 saturated carbocycles. The Bertz CT molecular complexity index is 625. The second-order valence-corrected chi connectivity index (χ2v) is 5.63. The average Bonchev–Trinajstić information content (AvgIpc) is 3.15. The van der Waals surface area contributed by atoms with E-state index in [0.717, 1.165) is 18.7 Å². The molecule has 2 aliphatic rings. The van der Waals surface area contributed by atoms with Crippen molar-refractivity contribution in [3.63, 3.8) is 0 Å². The third kappa shape index (κ3) is 1.94. The fourth-order valence-electron chi connectivity index (χ4n) is 3.26. The van der Waals surface area contributed by atoms with E-state index in [0.29, 0.717) is 18.9 Å². The van der Waals surface area contributed by atoms with E-state index in [1.807, 2.05) is 0 Å². The maximum absolute atomic E-state index is 9.56. The van der Waals surface area contributed by atoms with E-state index in [9.17, 15) is 5.11 Å². The van der Waals surface area contributed by atoms with Gasteiger partial charge in [0.2, 0.25) is 5.89 Å². The second kappa shape index (κ2) is 4.68. The molecule has 0 radical (unpaired) electrons. The number of nitrogens with zero attached hydrogens (tertiary/aromatic N) is 2. The molecule has 1 aromatic carbocycles. The Kier molecular flexibility index (Phi) is 2.82. The molecule has 5 heteroatoms. The lowest BCUT2D eigenvalue weighted by atomic mass is 10.0. The van der Waals surface area contributed by atoms with Gasteiger partial charge in [-0.1, -0.05) is 29.4 Å². The molecule has 0 amide bonds. The molecule has 1 aliphatic heterocycles. The van der Waals surface area contributed by atoms with Crippen molar-refractivity contribution in [2.24, 2.45) is 0 Å². The number of aromatic nitrogens is 2. The van der Waals surface area contributed by atoms with Crippen LogP contribution in [-0.4, -0.2) is 27.9 Å². The Hall–Kier alpha value is -1.72. The number of aliphatic hydroxyl groups is 1. The Morgan fingerprint density at radius 3 is 3.05 bits per heavy atom. The maximum Gasteiger partial charge on any atom is 0.243 e. The first-order valence-corrected chi connectivity index (χ1v) is 7.14. The number of β-amino-alcohol motifs (C(OH)–C–C–N with tert-alkyl or cyclic N) is 1. The molecule has 2 aromatic rings. The van der Waals surface area contributed by atoms with Crippen LogP contribution in [0, 0.1) is 0 Å². The highest BCUT2D eigenvalue weighted by Gasteiger charge is 2.31. The highest BCUT2D eigenvalue weighted by Crippen LogP contribution is 2.37. The summed E-state index contributed by atoms with van der Waals surface area (Å²) in [4.78, 5) is 4.56. The number of fused-ring (bicyclic) bond motifs is 1. The minimum Gasteiger partial charge on any atom is -0.392 e. The molecule has 1 unspecified atom stereocenters. The Balaban J connectivity index is 1.60. The van der Waals surface area contributed by atoms with Crippen LogP contribution in [0.5, 0.6) is 0 Å². The molecule has 0 spiro atoms. The molecule has 1 fully saturated rings. The van der Waals surface area contributed by atoms with Crippen LogP contribution in [0.15, 0.2) is 28.8 Å². The number of aliphatic hydroxyl groups excluding tert-OH is 1. The van der Waals surface area contributed by atoms with Crippen molar-refractivity contribution in [2.45, 2.75) is 37.3 Å². The Morgan fingerprint density at radius 2 is 2.20 bits per heavy atom. The Labute approximate surface area is 117 Å². The molecule has 5 nitrogen and oxygen atoms in total. The van der Waals surface area contributed by atoms with Crippen molar-refractivity contribution in [3.05, 3.63) is 47.1 Å². The summed E-state index contributed by atoms with van der Waals surface area (Å²) < 4.78 is 5.39. The van der Waals surface area contributed by atoms with Crippen LogP contribution >= 0.6 is 0 Å². The van der Waals surface area contributed by atoms with Gasteiger partial charge in [0.25, 0.3) is 0 Å². The van der Waals surface area contributed by atoms with Gasteiger partial charge in [0.05, 0.1) is 12.1 Å². The molecular weight excluding hydrogens is 254 g/mol. The smallest absolute Gasteiger partial charge is 0.243 e. The molecule has 3 atom stereocenters. The van der Waals surface area contributed by atoms with Crippen LogP contribution < -0.4 is 5.32 Å². The van der Waals surface area contributed by atoms with Crippen molar-refractivity contribution in [3.8, 4) is 0 Å². The Morgan fingerprint density at radius 1 is 1.30 bits per heavy atom. The number of hydrogen-bond acceptors (Lipinski definition) is 5. The van der Waals surface area contributed by atoms with Gasteiger partial charge >= 0.3 is 0 Å². The van der Waals surface area contributed by atoms with Crippen molar-refractivity contribution in [2.75, 3.05) is 6.54 Å². The molecule has 20 heavy (non-hydrogen) atoms. The fraction of sp³-hybridized carbons (Fsp3) is 0.467. The number of aryl methyl sites for hydroxylation is 1. The van der Waals surface area contributed by atoms with Crippen molar-refractivity contribution in [1.29, 1.82) is 0 Å². The van der Waals surface area contributed by atoms with E-state index in [-0.39, 0.29) is 18.1 Å². The minimum atomic E-state index is -0.317. The van der Waals surface area contributed by atoms with E-state index in [1.165, 1.54) is 11.1 Å². The normalized spacial score (nSPS) is 28.8. The van der Waals surface area contributed by atoms with Crippen LogP contribution in [0.2, 0.25) is 0 Å². The third-order valence-electron chi connectivity index (χ3n) is 4.31. The lowest BCUT2D eigenvalue weighted by Gasteiger charge is -2.06. The zero-order valence-corrected chi connectivity index (χ0v) is 11.1. The van der Waals surface area contributed by atoms with Gasteiger partial charge in [-0.25, -0.2) is 0 Å². The van der Waals surface area contributed by atoms with Crippen LogP contribution in [-0.2, 0) is 6.42 Å². The van der Waals surface area contributed by atoms with Crippen molar-refractivity contribution in [1.82, 2.24) is 15.5 Å². The highest BCUT2D eigenvalue weighted by molar-refractivity contribution is 5.38. The quantitative estimate of drug-likeness (QED) is 0.867. The van der Waals surface area contributed by atoms with Crippen molar-refractivity contribution < 1.29 is 9.63 Å². The molecule has 1 saturated heterocycles. The van der Waals surface area contributed by atoms with Gasteiger partial charge in [-0.2, -0.15) is 4.98 Å². The fourth-order valence-corrected chi connectivity index (χ4v) is 3.26. The lowest BCUT2D eigenvalue weighted by molar-refractivity contribution is 0.191. The van der Waals surface area contributed by atoms with E-state index >= 15 is 0 Å². The van der Waals surface area contributed by atoms with E-state index < -0.39 is 0 Å². The summed E-state index contributed by atoms with van der Waals surface area (Å²) in [5.74, 6) is 1.61. The van der Waals surface area contributed by atoms with E-state index in [2.05, 4.69) is 39.7 Å². The number of nitrogens with one attached hydrogen (secondary N) is 1. The first kappa shape index (κ1) is 12.1. The summed E-state index contributed by atoms with van der Waals surface area (Å²) in [6, 6.07) is 8.45. The summed E-state index contributed by atoms with van der Waals surface area (Å²) in [6.07, 6.45) is 2.44. The predicted molar refractivity (Wildman–Crippen MR) is 72.3 cm³/mol. The average molecular weight is 271 g/mol. The van der Waals surface area contributed by atoms with Gasteiger partial charge in [-0.3, -0.25) is 0 Å². The molecule has 4 rings (SSSR count). The molecule has 104 valence electrons. The summed E-state index contributed by atoms with van der Waals surface area (Å²) in [5.41, 5.74) is 2.71. The van der Waals surface area contributed by atoms with Crippen LogP contribution in [0.25, 0.3) is 0 Å². The van der Waals surface area contributed by atoms with Gasteiger partial charge in [-0.15, -0.1) is 0 Å². The molecule has 1 aromatic heterocycles. The zero-order chi connectivity index (χ0) is 13.5. The summed E-state index contributed by atoms with van der Waals surface area (Å²) in [6.45, 7) is 0.592. The second-order valence-electron chi connectivity index (χ2n) is 5.63. The minimum absolute atomic E-state index is 0.0112. The summed E-state index contributed by atoms with van der Waals surface area (Å²) >= 11 is 0. The maximum atomic E-state index is 9.56. The van der Waals surface area contributed by atoms with E-state index in [1.54, 1.807) is 0 Å². The molecule has 2 N–H and O–H groups in total. The van der Waals surface area contributed by atoms with Gasteiger partial charge in [0.15, 0.2) is 5.82 Å². The predicted octanol–water partition coefficient (Wildman–Crippen LogP) is 1.54. The largest absolute Gasteiger partial charge is 0.392 e. The third-order valence-corrected chi connectivity index (χ3v) is 4.31. The number of rotatable bonds is 2. The first-order valence-electron chi connectivity index (χ1n) is 7.14. The van der Waals surface area contributed by atoms with Crippen LogP contribution in [0.1, 0.15) is 47.6 Å². The summed E-state index contributed by atoms with van der Waals surface area (Å²) in [7, 11) is 0. The first-order chi connectivity index (χ1) is 9.81. The molecule has 2 heterocycles. The van der Waals surface area contributed by atoms with Crippen LogP contribution in [0.3, 0.4) is 0 Å². The monoisotopic (exact) mass is 271 g/mol. The number of benzene rings is 1. The van der Waals surface area contributed by atoms with Gasteiger partial charge in [0.1, 0.15) is 0 Å². The van der Waals surface area contributed by atoms with Gasteiger partial charge in [-0.05, 0) is 30.4 Å². The molecule has 1 aliphatic carbocycles. The topological polar surface area (TPSA) is 71.2 Å². The van der Waals surface area contributed by atoms with Crippen LogP contribution in [0.4, 0.5) is 0 Å². The van der Waals surface area contributed by atoms with E-state index in [4.69, 9.17) is 4.52 Å². The van der Waals surface area contributed by atoms with Crippen molar-refractivity contribution >= 4 is 0 Å². The SMILES string of the molecule is O[C@@H]1CN[C@H](c2nc(C3CCc4ccccc43)no2)C1. The summed E-state index contributed by atoms with van der Waals surface area (Å²) in [5, 5.41) is 16.9. The molecule has 0 bridgehead atoms. The lowest BCUT2D eigenvalue weighted by Crippen LogP contribution is -2.15. The molecular formula is C15H17N3O2. The highest BCUT2D eigenvalue weighted by atomic mass is 16.5. The van der Waals surface area contributed by atoms with Gasteiger partial charge in [0, 0.05) is 12.5 Å². The van der Waals surface area contributed by atoms with Gasteiger partial charge < -0.3 is 14.9 Å². The number of hydrogen-bond donors (Lipinski definition) is 2. The standard InChI is InChI=1S/C15H17N3O2/c19-10-7-13(16-8-10)15-17-14(18-20-15)12-6-5-9-3-1-2-4-11(9)12/h1-4,10,12-13,16,19H,5-8H2/t10-,12?,13-/m0/s1.